The Kier molecular flexibility index (Phi) is 6.15. The van der Waals surface area contributed by atoms with Gasteiger partial charge in [0.15, 0.2) is 0 Å². The van der Waals surface area contributed by atoms with Crippen molar-refractivity contribution in [3.05, 3.63) is 29.6 Å². The maximum absolute atomic E-state index is 11.8. The standard InChI is InChI=1S/C12H15N3OS/c1-17-9-8-15-12(16)11-10(4-2-6-13)5-3-7-14-11/h3,5,7H,6,8-9,13H2,1H3,(H,15,16). The monoisotopic (exact) mass is 249 g/mol. The molecule has 0 radical (unpaired) electrons. The quantitative estimate of drug-likeness (QED) is 0.602. The number of rotatable bonds is 4. The molecular weight excluding hydrogens is 234 g/mol. The highest BCUT2D eigenvalue weighted by Crippen LogP contribution is 2.03. The maximum atomic E-state index is 11.8. The van der Waals surface area contributed by atoms with Crippen molar-refractivity contribution in [2.24, 2.45) is 5.73 Å². The van der Waals surface area contributed by atoms with Gasteiger partial charge in [-0.2, -0.15) is 11.8 Å². The fourth-order valence-corrected chi connectivity index (χ4v) is 1.49. The molecule has 1 aromatic heterocycles. The van der Waals surface area contributed by atoms with Crippen LogP contribution >= 0.6 is 11.8 Å². The average molecular weight is 249 g/mol. The maximum Gasteiger partial charge on any atom is 0.271 e. The number of thioether (sulfide) groups is 1. The van der Waals surface area contributed by atoms with Gasteiger partial charge in [0.05, 0.1) is 12.1 Å². The molecule has 0 fully saturated rings. The number of aromatic nitrogens is 1. The predicted octanol–water partition coefficient (Wildman–Crippen LogP) is 0.485. The third-order valence-corrected chi connectivity index (χ3v) is 2.55. The van der Waals surface area contributed by atoms with E-state index in [1.54, 1.807) is 30.1 Å². The van der Waals surface area contributed by atoms with Crippen LogP contribution in [0.2, 0.25) is 0 Å². The van der Waals surface area contributed by atoms with Gasteiger partial charge in [-0.25, -0.2) is 4.98 Å². The fourth-order valence-electron chi connectivity index (χ4n) is 1.18. The number of hydrogen-bond acceptors (Lipinski definition) is 4. The summed E-state index contributed by atoms with van der Waals surface area (Å²) in [5, 5.41) is 2.80. The first-order chi connectivity index (χ1) is 8.29. The Morgan fingerprint density at radius 1 is 1.65 bits per heavy atom. The van der Waals surface area contributed by atoms with Crippen LogP contribution in [0.25, 0.3) is 0 Å². The topological polar surface area (TPSA) is 68.0 Å². The van der Waals surface area contributed by atoms with Crippen molar-refractivity contribution in [3.63, 3.8) is 0 Å². The van der Waals surface area contributed by atoms with Crippen molar-refractivity contribution in [1.82, 2.24) is 10.3 Å². The van der Waals surface area contributed by atoms with Crippen LogP contribution in [0.4, 0.5) is 0 Å². The van der Waals surface area contributed by atoms with Crippen LogP contribution in [0.15, 0.2) is 18.3 Å². The van der Waals surface area contributed by atoms with Gasteiger partial charge < -0.3 is 11.1 Å². The van der Waals surface area contributed by atoms with E-state index in [1.807, 2.05) is 6.26 Å². The van der Waals surface area contributed by atoms with Gasteiger partial charge in [-0.3, -0.25) is 4.79 Å². The molecule has 0 bridgehead atoms. The normalized spacial score (nSPS) is 9.29. The van der Waals surface area contributed by atoms with Gasteiger partial charge in [-0.1, -0.05) is 11.8 Å². The minimum Gasteiger partial charge on any atom is -0.350 e. The Balaban J connectivity index is 2.78. The van der Waals surface area contributed by atoms with Crippen LogP contribution in [-0.4, -0.2) is 36.0 Å². The van der Waals surface area contributed by atoms with E-state index in [0.717, 1.165) is 5.75 Å². The molecule has 1 rings (SSSR count). The molecule has 0 spiro atoms. The number of nitrogens with zero attached hydrogens (tertiary/aromatic N) is 1. The van der Waals surface area contributed by atoms with Gasteiger partial charge in [0.1, 0.15) is 5.69 Å². The summed E-state index contributed by atoms with van der Waals surface area (Å²) in [5.41, 5.74) is 6.27. The van der Waals surface area contributed by atoms with E-state index in [1.165, 1.54) is 0 Å². The Morgan fingerprint density at radius 3 is 3.18 bits per heavy atom. The van der Waals surface area contributed by atoms with Crippen molar-refractivity contribution in [2.75, 3.05) is 25.1 Å². The molecule has 0 aliphatic carbocycles. The van der Waals surface area contributed by atoms with E-state index in [9.17, 15) is 4.79 Å². The lowest BCUT2D eigenvalue weighted by atomic mass is 10.2. The van der Waals surface area contributed by atoms with Crippen LogP contribution in [0, 0.1) is 11.8 Å². The summed E-state index contributed by atoms with van der Waals surface area (Å²) in [6.07, 6.45) is 3.57. The third kappa shape index (κ3) is 4.47. The molecule has 0 saturated heterocycles. The van der Waals surface area contributed by atoms with Crippen molar-refractivity contribution in [3.8, 4) is 11.8 Å². The number of hydrogen-bond donors (Lipinski definition) is 2. The summed E-state index contributed by atoms with van der Waals surface area (Å²) >= 11 is 1.68. The number of nitrogens with one attached hydrogen (secondary N) is 1. The molecule has 0 unspecified atom stereocenters. The highest BCUT2D eigenvalue weighted by Gasteiger charge is 2.10. The lowest BCUT2D eigenvalue weighted by molar-refractivity contribution is 0.0951. The largest absolute Gasteiger partial charge is 0.350 e. The van der Waals surface area contributed by atoms with Gasteiger partial charge in [0.2, 0.25) is 0 Å². The van der Waals surface area contributed by atoms with Crippen molar-refractivity contribution < 1.29 is 4.79 Å². The number of pyridine rings is 1. The van der Waals surface area contributed by atoms with E-state index in [4.69, 9.17) is 5.73 Å². The molecule has 0 atom stereocenters. The summed E-state index contributed by atoms with van der Waals surface area (Å²) < 4.78 is 0. The van der Waals surface area contributed by atoms with Gasteiger partial charge in [0.25, 0.3) is 5.91 Å². The van der Waals surface area contributed by atoms with Crippen molar-refractivity contribution in [1.29, 1.82) is 0 Å². The molecule has 1 aromatic rings. The lowest BCUT2D eigenvalue weighted by Gasteiger charge is -2.04. The van der Waals surface area contributed by atoms with E-state index in [-0.39, 0.29) is 12.5 Å². The number of nitrogens with two attached hydrogens (primary N) is 1. The Bertz CT molecular complexity index is 437. The summed E-state index contributed by atoms with van der Waals surface area (Å²) in [6.45, 7) is 0.892. The number of carbonyl (C=O) groups excluding carboxylic acids is 1. The smallest absolute Gasteiger partial charge is 0.271 e. The van der Waals surface area contributed by atoms with Crippen LogP contribution in [0.3, 0.4) is 0 Å². The summed E-state index contributed by atoms with van der Waals surface area (Å²) in [6, 6.07) is 3.51. The molecule has 3 N–H and O–H groups in total. The van der Waals surface area contributed by atoms with Crippen molar-refractivity contribution >= 4 is 17.7 Å². The zero-order valence-electron chi connectivity index (χ0n) is 9.69. The second kappa shape index (κ2) is 7.71. The van der Waals surface area contributed by atoms with E-state index < -0.39 is 0 Å². The number of carbonyl (C=O) groups is 1. The summed E-state index contributed by atoms with van der Waals surface area (Å²) in [5.74, 6) is 6.25. The zero-order chi connectivity index (χ0) is 12.5. The number of amides is 1. The molecule has 1 amide bonds. The first-order valence-corrected chi connectivity index (χ1v) is 6.60. The molecule has 0 aliphatic rings. The lowest BCUT2D eigenvalue weighted by Crippen LogP contribution is -2.27. The third-order valence-electron chi connectivity index (χ3n) is 1.94. The van der Waals surface area contributed by atoms with Crippen LogP contribution in [-0.2, 0) is 0 Å². The second-order valence-corrected chi connectivity index (χ2v) is 4.14. The van der Waals surface area contributed by atoms with E-state index in [0.29, 0.717) is 17.8 Å². The van der Waals surface area contributed by atoms with E-state index in [2.05, 4.69) is 22.1 Å². The fraction of sp³-hybridized carbons (Fsp3) is 0.333. The first kappa shape index (κ1) is 13.6. The Labute approximate surface area is 105 Å². The Hall–Kier alpha value is -1.51. The SMILES string of the molecule is CSCCNC(=O)c1ncccc1C#CCN. The molecule has 0 saturated carbocycles. The van der Waals surface area contributed by atoms with Crippen LogP contribution < -0.4 is 11.1 Å². The van der Waals surface area contributed by atoms with Crippen LogP contribution in [0.1, 0.15) is 16.1 Å². The second-order valence-electron chi connectivity index (χ2n) is 3.15. The molecule has 17 heavy (non-hydrogen) atoms. The highest BCUT2D eigenvalue weighted by molar-refractivity contribution is 7.98. The molecule has 1 heterocycles. The minimum absolute atomic E-state index is 0.194. The summed E-state index contributed by atoms with van der Waals surface area (Å²) in [4.78, 5) is 15.9. The predicted molar refractivity (Wildman–Crippen MR) is 70.9 cm³/mol. The van der Waals surface area contributed by atoms with Gasteiger partial charge in [-0.05, 0) is 18.4 Å². The van der Waals surface area contributed by atoms with Gasteiger partial charge >= 0.3 is 0 Å². The molecule has 4 nitrogen and oxygen atoms in total. The molecular formula is C12H15N3OS. The van der Waals surface area contributed by atoms with Crippen LogP contribution in [0.5, 0.6) is 0 Å². The Morgan fingerprint density at radius 2 is 2.47 bits per heavy atom. The highest BCUT2D eigenvalue weighted by atomic mass is 32.2. The first-order valence-electron chi connectivity index (χ1n) is 5.20. The molecule has 5 heteroatoms. The van der Waals surface area contributed by atoms with Gasteiger partial charge in [0, 0.05) is 18.5 Å². The van der Waals surface area contributed by atoms with Gasteiger partial charge in [-0.15, -0.1) is 0 Å². The minimum atomic E-state index is -0.194. The van der Waals surface area contributed by atoms with E-state index >= 15 is 0 Å². The molecule has 0 aliphatic heterocycles. The molecule has 0 aromatic carbocycles. The summed E-state index contributed by atoms with van der Waals surface area (Å²) in [7, 11) is 0. The molecule has 90 valence electrons. The van der Waals surface area contributed by atoms with Crippen molar-refractivity contribution in [2.45, 2.75) is 0 Å². The average Bonchev–Trinajstić information content (AvgIpc) is 2.37. The zero-order valence-corrected chi connectivity index (χ0v) is 10.5.